The van der Waals surface area contributed by atoms with Gasteiger partial charge in [0.05, 0.1) is 6.20 Å². The highest BCUT2D eigenvalue weighted by atomic mass is 16.2. The SMILES string of the molecule is CC(CN)NC(=O)c1c[nH]c(=O)cn1. The van der Waals surface area contributed by atoms with Gasteiger partial charge in [-0.05, 0) is 6.92 Å². The summed E-state index contributed by atoms with van der Waals surface area (Å²) in [6, 6.07) is -0.115. The molecule has 1 atom stereocenters. The molecule has 0 aliphatic rings. The number of hydrogen-bond acceptors (Lipinski definition) is 4. The molecule has 0 radical (unpaired) electrons. The molecule has 4 N–H and O–H groups in total. The van der Waals surface area contributed by atoms with Gasteiger partial charge in [0.15, 0.2) is 0 Å². The lowest BCUT2D eigenvalue weighted by Crippen LogP contribution is -2.38. The van der Waals surface area contributed by atoms with E-state index in [9.17, 15) is 9.59 Å². The Balaban J connectivity index is 2.70. The first-order valence-electron chi connectivity index (χ1n) is 4.19. The number of nitrogens with one attached hydrogen (secondary N) is 2. The first-order valence-corrected chi connectivity index (χ1v) is 4.19. The van der Waals surface area contributed by atoms with E-state index in [1.807, 2.05) is 0 Å². The lowest BCUT2D eigenvalue weighted by atomic mass is 10.3. The van der Waals surface area contributed by atoms with Gasteiger partial charge in [0.1, 0.15) is 5.69 Å². The number of aromatic nitrogens is 2. The van der Waals surface area contributed by atoms with Gasteiger partial charge >= 0.3 is 0 Å². The van der Waals surface area contributed by atoms with Crippen molar-refractivity contribution in [3.8, 4) is 0 Å². The maximum absolute atomic E-state index is 11.4. The average molecular weight is 196 g/mol. The standard InChI is InChI=1S/C8H12N4O2/c1-5(2-9)12-8(14)6-3-11-7(13)4-10-6/h3-5H,2,9H2,1H3,(H,11,13)(H,12,14). The number of carbonyl (C=O) groups is 1. The highest BCUT2D eigenvalue weighted by Crippen LogP contribution is 1.89. The largest absolute Gasteiger partial charge is 0.347 e. The number of H-pyrrole nitrogens is 1. The molecule has 14 heavy (non-hydrogen) atoms. The van der Waals surface area contributed by atoms with E-state index in [1.54, 1.807) is 6.92 Å². The molecular weight excluding hydrogens is 184 g/mol. The predicted molar refractivity (Wildman–Crippen MR) is 50.8 cm³/mol. The number of aromatic amines is 1. The van der Waals surface area contributed by atoms with E-state index < -0.39 is 0 Å². The second kappa shape index (κ2) is 4.52. The smallest absolute Gasteiger partial charge is 0.271 e. The number of carbonyl (C=O) groups excluding carboxylic acids is 1. The number of amides is 1. The summed E-state index contributed by atoms with van der Waals surface area (Å²) in [4.78, 5) is 28.1. The van der Waals surface area contributed by atoms with Crippen LogP contribution in [0.4, 0.5) is 0 Å². The van der Waals surface area contributed by atoms with Crippen LogP contribution in [0.25, 0.3) is 0 Å². The van der Waals surface area contributed by atoms with Gasteiger partial charge < -0.3 is 16.0 Å². The molecule has 0 saturated heterocycles. The first kappa shape index (κ1) is 10.4. The molecule has 0 bridgehead atoms. The summed E-state index contributed by atoms with van der Waals surface area (Å²) in [5, 5.41) is 2.62. The van der Waals surface area contributed by atoms with Crippen molar-refractivity contribution in [2.75, 3.05) is 6.54 Å². The molecule has 1 rings (SSSR count). The van der Waals surface area contributed by atoms with E-state index in [-0.39, 0.29) is 23.2 Å². The van der Waals surface area contributed by atoms with Crippen molar-refractivity contribution >= 4 is 5.91 Å². The zero-order chi connectivity index (χ0) is 10.6. The van der Waals surface area contributed by atoms with Gasteiger partial charge in [-0.15, -0.1) is 0 Å². The van der Waals surface area contributed by atoms with E-state index in [0.717, 1.165) is 6.20 Å². The van der Waals surface area contributed by atoms with Gasteiger partial charge in [0, 0.05) is 18.8 Å². The number of nitrogens with two attached hydrogens (primary N) is 1. The Kier molecular flexibility index (Phi) is 3.35. The lowest BCUT2D eigenvalue weighted by Gasteiger charge is -2.09. The molecule has 0 aliphatic carbocycles. The molecule has 0 aromatic carbocycles. The maximum atomic E-state index is 11.4. The fraction of sp³-hybridized carbons (Fsp3) is 0.375. The van der Waals surface area contributed by atoms with Gasteiger partial charge in [-0.1, -0.05) is 0 Å². The van der Waals surface area contributed by atoms with Crippen molar-refractivity contribution in [3.05, 3.63) is 28.4 Å². The van der Waals surface area contributed by atoms with E-state index in [1.165, 1.54) is 6.20 Å². The number of rotatable bonds is 3. The summed E-state index contributed by atoms with van der Waals surface area (Å²) in [6.45, 7) is 2.14. The Morgan fingerprint density at radius 2 is 2.50 bits per heavy atom. The lowest BCUT2D eigenvalue weighted by molar-refractivity contribution is 0.0936. The third-order valence-electron chi connectivity index (χ3n) is 1.64. The highest BCUT2D eigenvalue weighted by Gasteiger charge is 2.09. The van der Waals surface area contributed by atoms with Crippen molar-refractivity contribution in [2.24, 2.45) is 5.73 Å². The summed E-state index contributed by atoms with van der Waals surface area (Å²) in [5.41, 5.74) is 5.16. The number of hydrogen-bond donors (Lipinski definition) is 3. The van der Waals surface area contributed by atoms with E-state index in [4.69, 9.17) is 5.73 Å². The average Bonchev–Trinajstić information content (AvgIpc) is 2.18. The van der Waals surface area contributed by atoms with Crippen LogP contribution in [0.2, 0.25) is 0 Å². The minimum Gasteiger partial charge on any atom is -0.347 e. The Hall–Kier alpha value is -1.69. The second-order valence-corrected chi connectivity index (χ2v) is 2.91. The van der Waals surface area contributed by atoms with Crippen LogP contribution in [0.1, 0.15) is 17.4 Å². The monoisotopic (exact) mass is 196 g/mol. The minimum absolute atomic E-state index is 0.115. The van der Waals surface area contributed by atoms with Crippen LogP contribution >= 0.6 is 0 Å². The van der Waals surface area contributed by atoms with E-state index >= 15 is 0 Å². The maximum Gasteiger partial charge on any atom is 0.271 e. The molecular formula is C8H12N4O2. The first-order chi connectivity index (χ1) is 6.63. The summed E-state index contributed by atoms with van der Waals surface area (Å²) < 4.78 is 0. The van der Waals surface area contributed by atoms with Gasteiger partial charge in [0.2, 0.25) is 0 Å². The Bertz CT molecular complexity index is 353. The minimum atomic E-state index is -0.348. The van der Waals surface area contributed by atoms with Crippen LogP contribution in [-0.4, -0.2) is 28.5 Å². The van der Waals surface area contributed by atoms with Crippen LogP contribution in [0.3, 0.4) is 0 Å². The van der Waals surface area contributed by atoms with Crippen LogP contribution in [0, 0.1) is 0 Å². The zero-order valence-corrected chi connectivity index (χ0v) is 7.78. The number of nitrogens with zero attached hydrogens (tertiary/aromatic N) is 1. The van der Waals surface area contributed by atoms with Gasteiger partial charge in [-0.2, -0.15) is 0 Å². The van der Waals surface area contributed by atoms with Crippen molar-refractivity contribution in [1.82, 2.24) is 15.3 Å². The second-order valence-electron chi connectivity index (χ2n) is 2.91. The van der Waals surface area contributed by atoms with Crippen molar-refractivity contribution in [3.63, 3.8) is 0 Å². The van der Waals surface area contributed by atoms with Crippen LogP contribution in [0.5, 0.6) is 0 Å². The van der Waals surface area contributed by atoms with Crippen LogP contribution in [0.15, 0.2) is 17.2 Å². The fourth-order valence-electron chi connectivity index (χ4n) is 0.823. The van der Waals surface area contributed by atoms with E-state index in [0.29, 0.717) is 6.54 Å². The molecule has 0 fully saturated rings. The Morgan fingerprint density at radius 1 is 1.79 bits per heavy atom. The van der Waals surface area contributed by atoms with Crippen LogP contribution < -0.4 is 16.6 Å². The summed E-state index contributed by atoms with van der Waals surface area (Å²) in [7, 11) is 0. The van der Waals surface area contributed by atoms with Crippen molar-refractivity contribution < 1.29 is 4.79 Å². The van der Waals surface area contributed by atoms with Crippen LogP contribution in [-0.2, 0) is 0 Å². The van der Waals surface area contributed by atoms with E-state index in [2.05, 4.69) is 15.3 Å². The third kappa shape index (κ3) is 2.67. The predicted octanol–water partition coefficient (Wildman–Crippen LogP) is -1.15. The molecule has 0 spiro atoms. The molecule has 1 heterocycles. The molecule has 6 nitrogen and oxygen atoms in total. The topological polar surface area (TPSA) is 101 Å². The van der Waals surface area contributed by atoms with Crippen molar-refractivity contribution in [2.45, 2.75) is 13.0 Å². The summed E-state index contributed by atoms with van der Waals surface area (Å²) in [5.74, 6) is -0.348. The molecule has 1 amide bonds. The fourth-order valence-corrected chi connectivity index (χ4v) is 0.823. The highest BCUT2D eigenvalue weighted by molar-refractivity contribution is 5.92. The molecule has 1 aromatic heterocycles. The third-order valence-corrected chi connectivity index (χ3v) is 1.64. The molecule has 1 aromatic rings. The molecule has 0 saturated carbocycles. The summed E-state index contributed by atoms with van der Waals surface area (Å²) >= 11 is 0. The van der Waals surface area contributed by atoms with Gasteiger partial charge in [0.25, 0.3) is 11.5 Å². The Labute approximate surface area is 80.5 Å². The molecule has 6 heteroatoms. The molecule has 1 unspecified atom stereocenters. The quantitative estimate of drug-likeness (QED) is 0.568. The van der Waals surface area contributed by atoms with Crippen molar-refractivity contribution in [1.29, 1.82) is 0 Å². The molecule has 76 valence electrons. The van der Waals surface area contributed by atoms with Gasteiger partial charge in [-0.3, -0.25) is 9.59 Å². The van der Waals surface area contributed by atoms with Gasteiger partial charge in [-0.25, -0.2) is 4.98 Å². The zero-order valence-electron chi connectivity index (χ0n) is 7.78. The Morgan fingerprint density at radius 3 is 3.00 bits per heavy atom. The molecule has 0 aliphatic heterocycles. The summed E-state index contributed by atoms with van der Waals surface area (Å²) in [6.07, 6.45) is 2.32. The normalized spacial score (nSPS) is 12.1.